The van der Waals surface area contributed by atoms with Gasteiger partial charge < -0.3 is 10.5 Å². The molecule has 5 nitrogen and oxygen atoms in total. The normalized spacial score (nSPS) is 10.5. The fourth-order valence-corrected chi connectivity index (χ4v) is 2.16. The van der Waals surface area contributed by atoms with E-state index in [-0.39, 0.29) is 6.61 Å². The molecule has 0 spiro atoms. The third kappa shape index (κ3) is 2.31. The minimum atomic E-state index is -0.447. The lowest BCUT2D eigenvalue weighted by atomic mass is 10.3. The summed E-state index contributed by atoms with van der Waals surface area (Å²) in [6, 6.07) is 1.91. The average Bonchev–Trinajstić information content (AvgIpc) is 2.86. The Balaban J connectivity index is 2.10. The number of carbonyl (C=O) groups excluding carboxylic acids is 1. The molecule has 0 amide bonds. The monoisotopic (exact) mass is 251 g/mol. The first kappa shape index (κ1) is 11.7. The number of esters is 1. The first-order valence-electron chi connectivity index (χ1n) is 5.07. The Bertz CT molecular complexity index is 531. The molecule has 0 aliphatic carbocycles. The number of aryl methyl sites for hydroxylation is 2. The van der Waals surface area contributed by atoms with Crippen LogP contribution in [0.25, 0.3) is 0 Å². The molecule has 2 N–H and O–H groups in total. The summed E-state index contributed by atoms with van der Waals surface area (Å²) in [4.78, 5) is 11.8. The van der Waals surface area contributed by atoms with Gasteiger partial charge in [-0.1, -0.05) is 0 Å². The second-order valence-corrected chi connectivity index (χ2v) is 4.46. The molecule has 0 atom stereocenters. The second kappa shape index (κ2) is 4.58. The Labute approximate surface area is 103 Å². The molecular weight excluding hydrogens is 238 g/mol. The van der Waals surface area contributed by atoms with Gasteiger partial charge in [0.25, 0.3) is 0 Å². The van der Waals surface area contributed by atoms with Gasteiger partial charge in [0, 0.05) is 12.6 Å². The van der Waals surface area contributed by atoms with E-state index in [1.54, 1.807) is 25.3 Å². The van der Waals surface area contributed by atoms with Gasteiger partial charge in [-0.25, -0.2) is 4.79 Å². The van der Waals surface area contributed by atoms with Gasteiger partial charge in [0.2, 0.25) is 0 Å². The number of hydrogen-bond donors (Lipinski definition) is 1. The molecule has 0 saturated carbocycles. The predicted molar refractivity (Wildman–Crippen MR) is 65.8 cm³/mol. The summed E-state index contributed by atoms with van der Waals surface area (Å²) in [5, 5.41) is 7.94. The molecule has 2 rings (SSSR count). The van der Waals surface area contributed by atoms with E-state index in [1.165, 1.54) is 4.68 Å². The van der Waals surface area contributed by atoms with Gasteiger partial charge in [0.05, 0.1) is 11.4 Å². The van der Waals surface area contributed by atoms with Crippen molar-refractivity contribution in [1.82, 2.24) is 9.78 Å². The van der Waals surface area contributed by atoms with Gasteiger partial charge in [-0.15, -0.1) is 0 Å². The molecule has 0 aliphatic heterocycles. The van der Waals surface area contributed by atoms with E-state index in [2.05, 4.69) is 5.10 Å². The van der Waals surface area contributed by atoms with Crippen LogP contribution in [0.3, 0.4) is 0 Å². The molecule has 17 heavy (non-hydrogen) atoms. The minimum absolute atomic E-state index is 0.256. The van der Waals surface area contributed by atoms with Crippen LogP contribution in [-0.4, -0.2) is 15.7 Å². The Morgan fingerprint density at radius 1 is 1.65 bits per heavy atom. The Morgan fingerprint density at radius 3 is 2.94 bits per heavy atom. The molecule has 90 valence electrons. The van der Waals surface area contributed by atoms with Gasteiger partial charge in [-0.2, -0.15) is 16.4 Å². The Hall–Kier alpha value is -1.82. The molecular formula is C11H13N3O2S. The van der Waals surface area contributed by atoms with Crippen LogP contribution in [0.2, 0.25) is 0 Å². The van der Waals surface area contributed by atoms with Crippen LogP contribution in [0.15, 0.2) is 16.8 Å². The average molecular weight is 251 g/mol. The zero-order chi connectivity index (χ0) is 12.4. The minimum Gasteiger partial charge on any atom is -0.456 e. The number of rotatable bonds is 3. The molecule has 0 fully saturated rings. The van der Waals surface area contributed by atoms with E-state index < -0.39 is 5.97 Å². The molecule has 6 heteroatoms. The molecule has 0 saturated heterocycles. The number of carbonyl (C=O) groups is 1. The highest BCUT2D eigenvalue weighted by molar-refractivity contribution is 7.07. The highest BCUT2D eigenvalue weighted by Crippen LogP contribution is 2.17. The van der Waals surface area contributed by atoms with Crippen molar-refractivity contribution in [1.29, 1.82) is 0 Å². The molecule has 0 aromatic carbocycles. The number of ether oxygens (including phenoxy) is 1. The van der Waals surface area contributed by atoms with E-state index in [0.29, 0.717) is 17.1 Å². The number of anilines is 1. The van der Waals surface area contributed by atoms with Crippen molar-refractivity contribution in [3.8, 4) is 0 Å². The zero-order valence-electron chi connectivity index (χ0n) is 9.64. The van der Waals surface area contributed by atoms with Crippen molar-refractivity contribution in [3.63, 3.8) is 0 Å². The van der Waals surface area contributed by atoms with E-state index in [4.69, 9.17) is 10.5 Å². The molecule has 0 radical (unpaired) electrons. The van der Waals surface area contributed by atoms with Gasteiger partial charge in [0.15, 0.2) is 5.69 Å². The number of hydrogen-bond acceptors (Lipinski definition) is 5. The van der Waals surface area contributed by atoms with Gasteiger partial charge in [-0.05, 0) is 23.8 Å². The summed E-state index contributed by atoms with van der Waals surface area (Å²) in [5.74, 6) is -0.447. The number of nitrogens with zero attached hydrogens (tertiary/aromatic N) is 2. The maximum absolute atomic E-state index is 11.8. The summed E-state index contributed by atoms with van der Waals surface area (Å²) in [6.45, 7) is 2.01. The van der Waals surface area contributed by atoms with Gasteiger partial charge in [-0.3, -0.25) is 4.68 Å². The number of nitrogen functional groups attached to an aromatic ring is 1. The highest BCUT2D eigenvalue weighted by Gasteiger charge is 2.19. The van der Waals surface area contributed by atoms with Crippen molar-refractivity contribution in [3.05, 3.63) is 33.8 Å². The quantitative estimate of drug-likeness (QED) is 0.843. The van der Waals surface area contributed by atoms with E-state index >= 15 is 0 Å². The molecule has 2 aromatic rings. The van der Waals surface area contributed by atoms with Gasteiger partial charge in [0.1, 0.15) is 6.61 Å². The maximum Gasteiger partial charge on any atom is 0.359 e. The lowest BCUT2D eigenvalue weighted by molar-refractivity contribution is 0.0461. The summed E-state index contributed by atoms with van der Waals surface area (Å²) in [6.07, 6.45) is 0. The molecule has 0 bridgehead atoms. The number of nitrogens with two attached hydrogens (primary N) is 1. The maximum atomic E-state index is 11.8. The van der Waals surface area contributed by atoms with Crippen LogP contribution in [0.1, 0.15) is 21.7 Å². The van der Waals surface area contributed by atoms with Crippen molar-refractivity contribution in [2.75, 3.05) is 5.73 Å². The van der Waals surface area contributed by atoms with Crippen LogP contribution >= 0.6 is 11.3 Å². The highest BCUT2D eigenvalue weighted by atomic mass is 32.1. The van der Waals surface area contributed by atoms with E-state index in [9.17, 15) is 4.79 Å². The summed E-state index contributed by atoms with van der Waals surface area (Å²) in [7, 11) is 1.67. The largest absolute Gasteiger partial charge is 0.456 e. The predicted octanol–water partition coefficient (Wildman–Crippen LogP) is 1.73. The molecule has 2 heterocycles. The standard InChI is InChI=1S/C11H13N3O2S/c1-7-9(12)10(14(2)13-7)11(15)16-5-8-3-4-17-6-8/h3-4,6H,5,12H2,1-2H3. The first-order valence-corrected chi connectivity index (χ1v) is 6.01. The van der Waals surface area contributed by atoms with Crippen LogP contribution in [-0.2, 0) is 18.4 Å². The molecule has 2 aromatic heterocycles. The van der Waals surface area contributed by atoms with Crippen molar-refractivity contribution in [2.24, 2.45) is 7.05 Å². The smallest absolute Gasteiger partial charge is 0.359 e. The number of aromatic nitrogens is 2. The fraction of sp³-hybridized carbons (Fsp3) is 0.273. The van der Waals surface area contributed by atoms with Crippen LogP contribution in [0, 0.1) is 6.92 Å². The summed E-state index contributed by atoms with van der Waals surface area (Å²) in [5.41, 5.74) is 8.06. The summed E-state index contributed by atoms with van der Waals surface area (Å²) >= 11 is 1.56. The van der Waals surface area contributed by atoms with E-state index in [1.807, 2.05) is 16.8 Å². The molecule has 0 unspecified atom stereocenters. The van der Waals surface area contributed by atoms with Gasteiger partial charge >= 0.3 is 5.97 Å². The zero-order valence-corrected chi connectivity index (χ0v) is 10.5. The van der Waals surface area contributed by atoms with Crippen LogP contribution < -0.4 is 5.73 Å². The second-order valence-electron chi connectivity index (χ2n) is 3.68. The third-order valence-electron chi connectivity index (χ3n) is 2.41. The van der Waals surface area contributed by atoms with Crippen molar-refractivity contribution >= 4 is 23.0 Å². The lowest BCUT2D eigenvalue weighted by Gasteiger charge is -2.04. The first-order chi connectivity index (χ1) is 8.09. The SMILES string of the molecule is Cc1nn(C)c(C(=O)OCc2ccsc2)c1N. The Morgan fingerprint density at radius 2 is 2.41 bits per heavy atom. The number of thiophene rings is 1. The molecule has 0 aliphatic rings. The lowest BCUT2D eigenvalue weighted by Crippen LogP contribution is -2.12. The van der Waals surface area contributed by atoms with Crippen molar-refractivity contribution < 1.29 is 9.53 Å². The van der Waals surface area contributed by atoms with Crippen molar-refractivity contribution in [2.45, 2.75) is 13.5 Å². The van der Waals surface area contributed by atoms with E-state index in [0.717, 1.165) is 5.56 Å². The topological polar surface area (TPSA) is 70.1 Å². The summed E-state index contributed by atoms with van der Waals surface area (Å²) < 4.78 is 6.62. The fourth-order valence-electron chi connectivity index (χ4n) is 1.51. The van der Waals surface area contributed by atoms with Crippen LogP contribution in [0.4, 0.5) is 5.69 Å². The third-order valence-corrected chi connectivity index (χ3v) is 3.14. The Kier molecular flexibility index (Phi) is 3.14. The van der Waals surface area contributed by atoms with Crippen LogP contribution in [0.5, 0.6) is 0 Å².